The van der Waals surface area contributed by atoms with Gasteiger partial charge in [-0.25, -0.2) is 9.79 Å². The number of carbonyl (C=O) groups excluding carboxylic acids is 1. The molecule has 0 aliphatic rings. The largest absolute Gasteiger partial charge is 0.493 e. The van der Waals surface area contributed by atoms with Gasteiger partial charge in [0.25, 0.3) is 0 Å². The predicted octanol–water partition coefficient (Wildman–Crippen LogP) is 2.56. The molecule has 98 valence electrons. The van der Waals surface area contributed by atoms with E-state index < -0.39 is 18.3 Å². The molecule has 0 aliphatic heterocycles. The minimum atomic E-state index is -4.56. The van der Waals surface area contributed by atoms with Gasteiger partial charge in [0.05, 0.1) is 26.3 Å². The van der Waals surface area contributed by atoms with Crippen LogP contribution in [0.2, 0.25) is 0 Å². The highest BCUT2D eigenvalue weighted by Gasteiger charge is 2.35. The number of nitrogens with zero attached hydrogens (tertiary/aromatic N) is 1. The van der Waals surface area contributed by atoms with Crippen LogP contribution in [0, 0.1) is 0 Å². The summed E-state index contributed by atoms with van der Waals surface area (Å²) in [5.74, 6) is 0.0490. The number of isocyanates is 1. The van der Waals surface area contributed by atoms with Crippen LogP contribution in [0.5, 0.6) is 11.5 Å². The van der Waals surface area contributed by atoms with E-state index in [9.17, 15) is 18.0 Å². The topological polar surface area (TPSA) is 47.9 Å². The molecule has 1 aromatic rings. The first-order chi connectivity index (χ1) is 8.45. The summed E-state index contributed by atoms with van der Waals surface area (Å²) in [4.78, 5) is 13.2. The Bertz CT molecular complexity index is 479. The highest BCUT2D eigenvalue weighted by molar-refractivity contribution is 5.52. The molecule has 1 rings (SSSR count). The fourth-order valence-corrected chi connectivity index (χ4v) is 1.52. The first kappa shape index (κ1) is 14.1. The molecule has 0 heterocycles. The second kappa shape index (κ2) is 5.55. The maximum absolute atomic E-state index is 12.8. The predicted molar refractivity (Wildman–Crippen MR) is 56.4 cm³/mol. The molecule has 0 unspecified atom stereocenters. The van der Waals surface area contributed by atoms with Gasteiger partial charge in [-0.1, -0.05) is 0 Å². The Morgan fingerprint density at radius 3 is 2.39 bits per heavy atom. The van der Waals surface area contributed by atoms with Crippen LogP contribution in [0.1, 0.15) is 11.1 Å². The maximum Gasteiger partial charge on any atom is 0.416 e. The second-order valence-corrected chi connectivity index (χ2v) is 3.23. The summed E-state index contributed by atoms with van der Waals surface area (Å²) in [7, 11) is 2.52. The molecular formula is C11H10F3NO3. The number of methoxy groups -OCH3 is 2. The lowest BCUT2D eigenvalue weighted by atomic mass is 10.0. The fraction of sp³-hybridized carbons (Fsp3) is 0.364. The second-order valence-electron chi connectivity index (χ2n) is 3.23. The summed E-state index contributed by atoms with van der Waals surface area (Å²) in [6.45, 7) is -0.473. The average molecular weight is 261 g/mol. The van der Waals surface area contributed by atoms with E-state index in [1.807, 2.05) is 0 Å². The molecule has 0 atom stereocenters. The Balaban J connectivity index is 3.48. The molecule has 4 nitrogen and oxygen atoms in total. The van der Waals surface area contributed by atoms with E-state index in [0.29, 0.717) is 0 Å². The number of alkyl halides is 3. The van der Waals surface area contributed by atoms with Crippen LogP contribution in [0.3, 0.4) is 0 Å². The molecule has 0 fully saturated rings. The van der Waals surface area contributed by atoms with Crippen molar-refractivity contribution in [1.29, 1.82) is 0 Å². The van der Waals surface area contributed by atoms with E-state index in [4.69, 9.17) is 9.47 Å². The van der Waals surface area contributed by atoms with Crippen LogP contribution < -0.4 is 9.47 Å². The maximum atomic E-state index is 12.8. The first-order valence-corrected chi connectivity index (χ1v) is 4.80. The Labute approximate surface area is 101 Å². The molecule has 7 heteroatoms. The first-order valence-electron chi connectivity index (χ1n) is 4.80. The van der Waals surface area contributed by atoms with Gasteiger partial charge >= 0.3 is 6.18 Å². The van der Waals surface area contributed by atoms with Gasteiger partial charge in [0.1, 0.15) is 0 Å². The van der Waals surface area contributed by atoms with Gasteiger partial charge in [-0.3, -0.25) is 0 Å². The van der Waals surface area contributed by atoms with Crippen LogP contribution >= 0.6 is 0 Å². The zero-order valence-corrected chi connectivity index (χ0v) is 9.67. The van der Waals surface area contributed by atoms with Crippen molar-refractivity contribution in [2.24, 2.45) is 4.99 Å². The molecule has 0 amide bonds. The molecule has 0 saturated heterocycles. The summed E-state index contributed by atoms with van der Waals surface area (Å²) >= 11 is 0. The lowest BCUT2D eigenvalue weighted by molar-refractivity contribution is -0.138. The van der Waals surface area contributed by atoms with Gasteiger partial charge in [0, 0.05) is 5.56 Å². The third-order valence-electron chi connectivity index (χ3n) is 2.26. The summed E-state index contributed by atoms with van der Waals surface area (Å²) in [5, 5.41) is 0. The van der Waals surface area contributed by atoms with Crippen molar-refractivity contribution >= 4 is 6.08 Å². The van der Waals surface area contributed by atoms with E-state index in [2.05, 4.69) is 4.99 Å². The normalized spacial score (nSPS) is 10.7. The SMILES string of the molecule is COc1ccc(C(F)(F)F)c(CN=C=O)c1OC. The Morgan fingerprint density at radius 1 is 1.28 bits per heavy atom. The van der Waals surface area contributed by atoms with Crippen molar-refractivity contribution in [2.75, 3.05) is 14.2 Å². The highest BCUT2D eigenvalue weighted by atomic mass is 19.4. The number of rotatable bonds is 4. The molecule has 0 bridgehead atoms. The number of aliphatic imine (C=N–C) groups is 1. The Kier molecular flexibility index (Phi) is 4.33. The molecule has 0 aliphatic carbocycles. The van der Waals surface area contributed by atoms with E-state index >= 15 is 0 Å². The van der Waals surface area contributed by atoms with Gasteiger partial charge in [-0.15, -0.1) is 0 Å². The zero-order chi connectivity index (χ0) is 13.8. The van der Waals surface area contributed by atoms with E-state index in [0.717, 1.165) is 12.1 Å². The van der Waals surface area contributed by atoms with Gasteiger partial charge in [-0.05, 0) is 12.1 Å². The van der Waals surface area contributed by atoms with Gasteiger partial charge in [0.15, 0.2) is 11.5 Å². The van der Waals surface area contributed by atoms with E-state index in [1.165, 1.54) is 20.3 Å². The summed E-state index contributed by atoms with van der Waals surface area (Å²) in [6.07, 6.45) is -3.37. The molecule has 18 heavy (non-hydrogen) atoms. The lowest BCUT2D eigenvalue weighted by Gasteiger charge is -2.17. The number of hydrogen-bond acceptors (Lipinski definition) is 4. The van der Waals surface area contributed by atoms with Crippen LogP contribution in [0.25, 0.3) is 0 Å². The summed E-state index contributed by atoms with van der Waals surface area (Å²) in [5.41, 5.74) is -1.17. The summed E-state index contributed by atoms with van der Waals surface area (Å²) in [6, 6.07) is 2.01. The van der Waals surface area contributed by atoms with Gasteiger partial charge < -0.3 is 9.47 Å². The van der Waals surface area contributed by atoms with Crippen molar-refractivity contribution in [1.82, 2.24) is 0 Å². The van der Waals surface area contributed by atoms with E-state index in [1.54, 1.807) is 0 Å². The zero-order valence-electron chi connectivity index (χ0n) is 9.67. The van der Waals surface area contributed by atoms with Crippen molar-refractivity contribution in [3.63, 3.8) is 0 Å². The summed E-state index contributed by atoms with van der Waals surface area (Å²) < 4.78 is 48.2. The molecular weight excluding hydrogens is 251 g/mol. The third kappa shape index (κ3) is 2.81. The smallest absolute Gasteiger partial charge is 0.416 e. The monoisotopic (exact) mass is 261 g/mol. The Hall–Kier alpha value is -2.01. The molecule has 0 saturated carbocycles. The van der Waals surface area contributed by atoms with Crippen LogP contribution in [0.15, 0.2) is 17.1 Å². The lowest BCUT2D eigenvalue weighted by Crippen LogP contribution is -2.10. The minimum absolute atomic E-state index is 0.0914. The molecule has 1 aromatic carbocycles. The van der Waals surface area contributed by atoms with Crippen LogP contribution in [-0.4, -0.2) is 20.3 Å². The minimum Gasteiger partial charge on any atom is -0.493 e. The Morgan fingerprint density at radius 2 is 1.94 bits per heavy atom. The van der Waals surface area contributed by atoms with Crippen molar-refractivity contribution in [3.8, 4) is 11.5 Å². The van der Waals surface area contributed by atoms with Crippen molar-refractivity contribution < 1.29 is 27.4 Å². The number of hydrogen-bond donors (Lipinski definition) is 0. The molecule has 0 aromatic heterocycles. The number of halogens is 3. The number of benzene rings is 1. The fourth-order valence-electron chi connectivity index (χ4n) is 1.52. The van der Waals surface area contributed by atoms with Crippen molar-refractivity contribution in [3.05, 3.63) is 23.3 Å². The standard InChI is InChI=1S/C11H10F3NO3/c1-17-9-4-3-8(11(12,13)14)7(5-15-6-16)10(9)18-2/h3-4H,5H2,1-2H3. The highest BCUT2D eigenvalue weighted by Crippen LogP contribution is 2.41. The molecule has 0 radical (unpaired) electrons. The molecule has 0 spiro atoms. The average Bonchev–Trinajstić information content (AvgIpc) is 2.33. The van der Waals surface area contributed by atoms with Crippen LogP contribution in [-0.2, 0) is 17.5 Å². The van der Waals surface area contributed by atoms with E-state index in [-0.39, 0.29) is 17.1 Å². The third-order valence-corrected chi connectivity index (χ3v) is 2.26. The number of ether oxygens (including phenoxy) is 2. The molecule has 0 N–H and O–H groups in total. The van der Waals surface area contributed by atoms with Gasteiger partial charge in [-0.2, -0.15) is 13.2 Å². The van der Waals surface area contributed by atoms with Gasteiger partial charge in [0.2, 0.25) is 6.08 Å². The van der Waals surface area contributed by atoms with Crippen molar-refractivity contribution in [2.45, 2.75) is 12.7 Å². The van der Waals surface area contributed by atoms with Crippen LogP contribution in [0.4, 0.5) is 13.2 Å². The quantitative estimate of drug-likeness (QED) is 0.618.